The van der Waals surface area contributed by atoms with Crippen LogP contribution in [0.15, 0.2) is 36.5 Å². The maximum Gasteiger partial charge on any atom is 0.270 e. The van der Waals surface area contributed by atoms with Gasteiger partial charge in [-0.15, -0.1) is 0 Å². The summed E-state index contributed by atoms with van der Waals surface area (Å²) in [6, 6.07) is 9.82. The molecule has 3 heterocycles. The van der Waals surface area contributed by atoms with E-state index in [9.17, 15) is 9.59 Å². The molecule has 2 aliphatic heterocycles. The van der Waals surface area contributed by atoms with Crippen molar-refractivity contribution in [3.63, 3.8) is 0 Å². The van der Waals surface area contributed by atoms with Gasteiger partial charge in [-0.1, -0.05) is 12.1 Å². The van der Waals surface area contributed by atoms with Gasteiger partial charge in [0, 0.05) is 44.9 Å². The van der Waals surface area contributed by atoms with Crippen molar-refractivity contribution in [1.82, 2.24) is 14.4 Å². The summed E-state index contributed by atoms with van der Waals surface area (Å²) in [7, 11) is 1.88. The van der Waals surface area contributed by atoms with E-state index in [0.29, 0.717) is 38.2 Å². The normalized spacial score (nSPS) is 16.5. The number of amides is 2. The summed E-state index contributed by atoms with van der Waals surface area (Å²) < 4.78 is 7.71. The average Bonchev–Trinajstić information content (AvgIpc) is 3.33. The van der Waals surface area contributed by atoms with Crippen LogP contribution in [0.5, 0.6) is 5.75 Å². The lowest BCUT2D eigenvalue weighted by Gasteiger charge is -2.20. The van der Waals surface area contributed by atoms with Crippen molar-refractivity contribution in [3.8, 4) is 5.75 Å². The third-order valence-corrected chi connectivity index (χ3v) is 5.64. The maximum absolute atomic E-state index is 12.9. The first-order valence-corrected chi connectivity index (χ1v) is 10.0. The van der Waals surface area contributed by atoms with Gasteiger partial charge in [0.25, 0.3) is 5.91 Å². The smallest absolute Gasteiger partial charge is 0.270 e. The molecule has 2 aliphatic rings. The fourth-order valence-electron chi connectivity index (χ4n) is 4.00. The van der Waals surface area contributed by atoms with Crippen molar-refractivity contribution in [2.24, 2.45) is 7.05 Å². The maximum atomic E-state index is 12.9. The Balaban J connectivity index is 1.45. The third-order valence-electron chi connectivity index (χ3n) is 5.64. The predicted molar refractivity (Wildman–Crippen MR) is 106 cm³/mol. The van der Waals surface area contributed by atoms with Crippen LogP contribution in [-0.4, -0.2) is 52.4 Å². The van der Waals surface area contributed by atoms with Crippen LogP contribution >= 0.6 is 0 Å². The number of likely N-dealkylation sites (tertiary alicyclic amines) is 1. The minimum absolute atomic E-state index is 0.0126. The van der Waals surface area contributed by atoms with Gasteiger partial charge in [-0.05, 0) is 43.0 Å². The summed E-state index contributed by atoms with van der Waals surface area (Å²) in [5.74, 6) is 1.08. The van der Waals surface area contributed by atoms with Crippen LogP contribution in [-0.2, 0) is 24.8 Å². The van der Waals surface area contributed by atoms with E-state index in [4.69, 9.17) is 4.74 Å². The van der Waals surface area contributed by atoms with Crippen molar-refractivity contribution in [1.29, 1.82) is 0 Å². The molecule has 148 valence electrons. The number of fused-ring (bicyclic) bond motifs is 1. The highest BCUT2D eigenvalue weighted by molar-refractivity contribution is 5.92. The monoisotopic (exact) mass is 381 g/mol. The fourth-order valence-corrected chi connectivity index (χ4v) is 4.00. The van der Waals surface area contributed by atoms with Gasteiger partial charge in [0.15, 0.2) is 0 Å². The molecule has 28 heavy (non-hydrogen) atoms. The molecule has 0 unspecified atom stereocenters. The second kappa shape index (κ2) is 8.09. The van der Waals surface area contributed by atoms with E-state index in [0.717, 1.165) is 42.8 Å². The largest absolute Gasteiger partial charge is 0.491 e. The van der Waals surface area contributed by atoms with Crippen molar-refractivity contribution >= 4 is 11.8 Å². The summed E-state index contributed by atoms with van der Waals surface area (Å²) >= 11 is 0. The highest BCUT2D eigenvalue weighted by atomic mass is 16.5. The van der Waals surface area contributed by atoms with Crippen LogP contribution in [0.25, 0.3) is 0 Å². The molecule has 0 atom stereocenters. The molecular weight excluding hydrogens is 354 g/mol. The van der Waals surface area contributed by atoms with E-state index in [1.54, 1.807) is 0 Å². The zero-order chi connectivity index (χ0) is 19.5. The summed E-state index contributed by atoms with van der Waals surface area (Å²) in [5.41, 5.74) is 2.80. The number of carbonyl (C=O) groups excluding carboxylic acids is 2. The number of hydrogen-bond donors (Lipinski definition) is 0. The Kier molecular flexibility index (Phi) is 5.37. The minimum atomic E-state index is 0.0126. The van der Waals surface area contributed by atoms with E-state index in [-0.39, 0.29) is 11.8 Å². The molecule has 6 nitrogen and oxygen atoms in total. The number of ether oxygens (including phenoxy) is 1. The zero-order valence-electron chi connectivity index (χ0n) is 16.4. The summed E-state index contributed by atoms with van der Waals surface area (Å²) in [4.78, 5) is 29.0. The lowest BCUT2D eigenvalue weighted by Crippen LogP contribution is -2.33. The number of aryl methyl sites for hydroxylation is 2. The third kappa shape index (κ3) is 3.91. The van der Waals surface area contributed by atoms with Gasteiger partial charge in [-0.2, -0.15) is 0 Å². The van der Waals surface area contributed by atoms with Crippen molar-refractivity contribution in [3.05, 3.63) is 53.3 Å². The lowest BCUT2D eigenvalue weighted by atomic mass is 10.0. The van der Waals surface area contributed by atoms with Crippen LogP contribution in [0, 0.1) is 0 Å². The average molecular weight is 381 g/mol. The van der Waals surface area contributed by atoms with Gasteiger partial charge < -0.3 is 19.1 Å². The second-order valence-electron chi connectivity index (χ2n) is 7.61. The van der Waals surface area contributed by atoms with Crippen molar-refractivity contribution in [2.75, 3.05) is 26.2 Å². The molecule has 4 rings (SSSR count). The standard InChI is InChI=1S/C22H27N3O3/c1-23-10-4-5-19(23)22(27)25-13-14-28-20-8-6-17(15-18(20)16-25)7-9-21(26)24-11-2-3-12-24/h4-6,8,10,15H,2-3,7,9,11-14,16H2,1H3. The Labute approximate surface area is 165 Å². The molecule has 2 amide bonds. The van der Waals surface area contributed by atoms with Crippen LogP contribution < -0.4 is 4.74 Å². The Morgan fingerprint density at radius 3 is 2.64 bits per heavy atom. The number of aromatic nitrogens is 1. The number of nitrogens with zero attached hydrogens (tertiary/aromatic N) is 3. The number of rotatable bonds is 4. The number of benzene rings is 1. The highest BCUT2D eigenvalue weighted by Gasteiger charge is 2.23. The molecule has 0 aliphatic carbocycles. The van der Waals surface area contributed by atoms with E-state index in [1.807, 2.05) is 51.9 Å². The molecule has 2 aromatic rings. The quantitative estimate of drug-likeness (QED) is 0.818. The molecular formula is C22H27N3O3. The molecule has 6 heteroatoms. The summed E-state index contributed by atoms with van der Waals surface area (Å²) in [6.07, 6.45) is 5.37. The molecule has 1 aromatic heterocycles. The molecule has 0 saturated carbocycles. The number of hydrogen-bond acceptors (Lipinski definition) is 3. The van der Waals surface area contributed by atoms with Gasteiger partial charge in [-0.3, -0.25) is 9.59 Å². The van der Waals surface area contributed by atoms with Crippen LogP contribution in [0.1, 0.15) is 40.9 Å². The minimum Gasteiger partial charge on any atom is -0.491 e. The molecule has 0 N–H and O–H groups in total. The van der Waals surface area contributed by atoms with Crippen molar-refractivity contribution in [2.45, 2.75) is 32.2 Å². The van der Waals surface area contributed by atoms with Crippen LogP contribution in [0.2, 0.25) is 0 Å². The SMILES string of the molecule is Cn1cccc1C(=O)N1CCOc2ccc(CCC(=O)N3CCCC3)cc2C1. The Morgan fingerprint density at radius 1 is 1.07 bits per heavy atom. The van der Waals surface area contributed by atoms with E-state index < -0.39 is 0 Å². The molecule has 1 fully saturated rings. The molecule has 0 radical (unpaired) electrons. The Bertz CT molecular complexity index is 868. The molecule has 1 saturated heterocycles. The summed E-state index contributed by atoms with van der Waals surface area (Å²) in [5, 5.41) is 0. The first-order chi connectivity index (χ1) is 13.6. The Morgan fingerprint density at radius 2 is 1.89 bits per heavy atom. The summed E-state index contributed by atoms with van der Waals surface area (Å²) in [6.45, 7) is 3.35. The molecule has 1 aromatic carbocycles. The van der Waals surface area contributed by atoms with Crippen LogP contribution in [0.3, 0.4) is 0 Å². The van der Waals surface area contributed by atoms with Gasteiger partial charge in [0.2, 0.25) is 5.91 Å². The highest BCUT2D eigenvalue weighted by Crippen LogP contribution is 2.26. The first kappa shape index (κ1) is 18.6. The van der Waals surface area contributed by atoms with Gasteiger partial charge in [-0.25, -0.2) is 0 Å². The molecule has 0 spiro atoms. The van der Waals surface area contributed by atoms with E-state index in [1.165, 1.54) is 0 Å². The van der Waals surface area contributed by atoms with Gasteiger partial charge >= 0.3 is 0 Å². The number of carbonyl (C=O) groups is 2. The fraction of sp³-hybridized carbons (Fsp3) is 0.455. The lowest BCUT2D eigenvalue weighted by molar-refractivity contribution is -0.130. The van der Waals surface area contributed by atoms with E-state index >= 15 is 0 Å². The van der Waals surface area contributed by atoms with Gasteiger partial charge in [0.05, 0.1) is 6.54 Å². The Hall–Kier alpha value is -2.76. The first-order valence-electron chi connectivity index (χ1n) is 10.0. The second-order valence-corrected chi connectivity index (χ2v) is 7.61. The van der Waals surface area contributed by atoms with Gasteiger partial charge in [0.1, 0.15) is 18.1 Å². The van der Waals surface area contributed by atoms with Crippen LogP contribution in [0.4, 0.5) is 0 Å². The van der Waals surface area contributed by atoms with Crippen molar-refractivity contribution < 1.29 is 14.3 Å². The molecule has 0 bridgehead atoms. The van der Waals surface area contributed by atoms with E-state index in [2.05, 4.69) is 6.07 Å². The predicted octanol–water partition coefficient (Wildman–Crippen LogP) is 2.61. The zero-order valence-corrected chi connectivity index (χ0v) is 16.4. The topological polar surface area (TPSA) is 54.8 Å².